The highest BCUT2D eigenvalue weighted by Crippen LogP contribution is 2.32. The summed E-state index contributed by atoms with van der Waals surface area (Å²) in [6.07, 6.45) is 3.18. The number of H-pyrrole nitrogens is 1. The minimum absolute atomic E-state index is 0.0692. The van der Waals surface area contributed by atoms with Crippen LogP contribution in [-0.2, 0) is 11.3 Å². The number of hydrogen-bond acceptors (Lipinski definition) is 5. The summed E-state index contributed by atoms with van der Waals surface area (Å²) in [5.41, 5.74) is 3.84. The zero-order valence-corrected chi connectivity index (χ0v) is 19.1. The molecule has 1 aliphatic heterocycles. The van der Waals surface area contributed by atoms with Crippen LogP contribution in [-0.4, -0.2) is 57.2 Å². The fourth-order valence-electron chi connectivity index (χ4n) is 4.04. The van der Waals surface area contributed by atoms with Crippen LogP contribution in [0.2, 0.25) is 0 Å². The van der Waals surface area contributed by atoms with Gasteiger partial charge in [0.2, 0.25) is 5.91 Å². The van der Waals surface area contributed by atoms with E-state index >= 15 is 0 Å². The Bertz CT molecular complexity index is 1330. The van der Waals surface area contributed by atoms with Crippen molar-refractivity contribution < 1.29 is 14.3 Å². The van der Waals surface area contributed by atoms with Gasteiger partial charge in [-0.3, -0.25) is 9.59 Å². The minimum Gasteiger partial charge on any atom is -0.457 e. The number of imidazole rings is 1. The number of aromatic nitrogens is 3. The lowest BCUT2D eigenvalue weighted by molar-refractivity contribution is -0.128. The number of pyridine rings is 1. The Morgan fingerprint density at radius 3 is 2.68 bits per heavy atom. The summed E-state index contributed by atoms with van der Waals surface area (Å²) in [5, 5.41) is 0. The van der Waals surface area contributed by atoms with Gasteiger partial charge in [0.25, 0.3) is 5.91 Å². The van der Waals surface area contributed by atoms with Gasteiger partial charge in [-0.25, -0.2) is 9.97 Å². The minimum atomic E-state index is -0.0692. The maximum Gasteiger partial charge on any atom is 0.253 e. The van der Waals surface area contributed by atoms with E-state index in [0.29, 0.717) is 41.5 Å². The number of aromatic amines is 1. The molecule has 0 atom stereocenters. The molecule has 8 heteroatoms. The van der Waals surface area contributed by atoms with Crippen LogP contribution in [0.25, 0.3) is 22.6 Å². The third kappa shape index (κ3) is 4.34. The van der Waals surface area contributed by atoms with E-state index in [4.69, 9.17) is 4.74 Å². The van der Waals surface area contributed by atoms with Gasteiger partial charge in [-0.1, -0.05) is 12.1 Å². The Balaban J connectivity index is 1.48. The van der Waals surface area contributed by atoms with Gasteiger partial charge >= 0.3 is 0 Å². The molecule has 34 heavy (non-hydrogen) atoms. The van der Waals surface area contributed by atoms with Crippen molar-refractivity contribution in [2.75, 3.05) is 20.6 Å². The summed E-state index contributed by atoms with van der Waals surface area (Å²) in [4.78, 5) is 40.0. The average molecular weight is 456 g/mol. The molecule has 0 saturated carbocycles. The van der Waals surface area contributed by atoms with Gasteiger partial charge in [0.1, 0.15) is 22.8 Å². The van der Waals surface area contributed by atoms with Crippen LogP contribution in [0.4, 0.5) is 0 Å². The number of nitrogens with zero attached hydrogens (tertiary/aromatic N) is 4. The molecule has 172 valence electrons. The molecule has 2 amide bonds. The van der Waals surface area contributed by atoms with Crippen molar-refractivity contribution in [2.45, 2.75) is 19.4 Å². The highest BCUT2D eigenvalue weighted by Gasteiger charge is 2.22. The quantitative estimate of drug-likeness (QED) is 0.470. The third-order valence-corrected chi connectivity index (χ3v) is 5.86. The van der Waals surface area contributed by atoms with E-state index in [1.165, 1.54) is 4.90 Å². The maximum atomic E-state index is 12.2. The molecule has 0 spiro atoms. The largest absolute Gasteiger partial charge is 0.457 e. The molecule has 0 bridgehead atoms. The van der Waals surface area contributed by atoms with Gasteiger partial charge in [-0.2, -0.15) is 0 Å². The molecule has 2 aromatic heterocycles. The highest BCUT2D eigenvalue weighted by molar-refractivity contribution is 5.94. The number of amides is 2. The fraction of sp³-hybridized carbons (Fsp3) is 0.231. The van der Waals surface area contributed by atoms with Crippen molar-refractivity contribution in [1.82, 2.24) is 24.8 Å². The smallest absolute Gasteiger partial charge is 0.253 e. The molecule has 3 heterocycles. The number of carbonyl (C=O) groups is 2. The molecule has 0 aliphatic carbocycles. The van der Waals surface area contributed by atoms with Gasteiger partial charge in [0, 0.05) is 56.5 Å². The Labute approximate surface area is 197 Å². The van der Waals surface area contributed by atoms with Gasteiger partial charge in [0.15, 0.2) is 5.65 Å². The molecule has 0 unspecified atom stereocenters. The molecular weight excluding hydrogens is 430 g/mol. The summed E-state index contributed by atoms with van der Waals surface area (Å²) in [6, 6.07) is 16.7. The first-order chi connectivity index (χ1) is 16.5. The number of rotatable bonds is 6. The Morgan fingerprint density at radius 1 is 1.15 bits per heavy atom. The number of fused-ring (bicyclic) bond motifs is 1. The summed E-state index contributed by atoms with van der Waals surface area (Å²) in [7, 11) is 3.44. The molecule has 2 aromatic carbocycles. The van der Waals surface area contributed by atoms with E-state index in [1.807, 2.05) is 35.2 Å². The second kappa shape index (κ2) is 8.97. The van der Waals surface area contributed by atoms with Gasteiger partial charge in [0.05, 0.1) is 0 Å². The first kappa shape index (κ1) is 21.6. The van der Waals surface area contributed by atoms with Crippen LogP contribution in [0.15, 0.2) is 60.8 Å². The van der Waals surface area contributed by atoms with Crippen LogP contribution in [0, 0.1) is 0 Å². The van der Waals surface area contributed by atoms with Crippen molar-refractivity contribution >= 4 is 23.0 Å². The van der Waals surface area contributed by atoms with Crippen LogP contribution in [0.1, 0.15) is 28.8 Å². The van der Waals surface area contributed by atoms with Crippen LogP contribution < -0.4 is 4.74 Å². The zero-order chi connectivity index (χ0) is 23.7. The summed E-state index contributed by atoms with van der Waals surface area (Å²) in [6.45, 7) is 1.23. The maximum absolute atomic E-state index is 12.2. The van der Waals surface area contributed by atoms with Crippen LogP contribution in [0.3, 0.4) is 0 Å². The second-order valence-electron chi connectivity index (χ2n) is 8.52. The zero-order valence-electron chi connectivity index (χ0n) is 19.1. The lowest BCUT2D eigenvalue weighted by Gasteiger charge is -2.19. The van der Waals surface area contributed by atoms with E-state index in [0.717, 1.165) is 29.6 Å². The van der Waals surface area contributed by atoms with Crippen molar-refractivity contribution in [3.63, 3.8) is 0 Å². The topological polar surface area (TPSA) is 91.4 Å². The highest BCUT2D eigenvalue weighted by atomic mass is 16.5. The Morgan fingerprint density at radius 2 is 1.97 bits per heavy atom. The average Bonchev–Trinajstić information content (AvgIpc) is 3.46. The summed E-state index contributed by atoms with van der Waals surface area (Å²) < 4.78 is 6.27. The van der Waals surface area contributed by atoms with E-state index in [9.17, 15) is 9.59 Å². The lowest BCUT2D eigenvalue weighted by atomic mass is 10.1. The van der Waals surface area contributed by atoms with E-state index in [2.05, 4.69) is 15.0 Å². The molecule has 1 N–H and O–H groups in total. The van der Waals surface area contributed by atoms with E-state index in [1.54, 1.807) is 44.6 Å². The van der Waals surface area contributed by atoms with Gasteiger partial charge in [-0.05, 0) is 48.9 Å². The number of nitrogens with one attached hydrogen (secondary N) is 1. The third-order valence-electron chi connectivity index (χ3n) is 5.86. The standard InChI is InChI=1S/C26H25N5O3/c1-30(2)26(33)17-9-11-20(12-10-17)34-22-15-18(24-28-21-5-3-13-27-25(21)29-24)7-8-19(22)16-31-14-4-6-23(31)32/h3,5,7-13,15H,4,6,14,16H2,1-2H3,(H,27,28,29). The van der Waals surface area contributed by atoms with Crippen LogP contribution in [0.5, 0.6) is 11.5 Å². The Kier molecular flexibility index (Phi) is 5.71. The molecule has 0 radical (unpaired) electrons. The number of benzene rings is 2. The molecular formula is C26H25N5O3. The van der Waals surface area contributed by atoms with E-state index in [-0.39, 0.29) is 11.8 Å². The SMILES string of the molecule is CN(C)C(=O)c1ccc(Oc2cc(-c3nc4cccnc4[nH]3)ccc2CN2CCCC2=O)cc1. The molecule has 4 aromatic rings. The first-order valence-corrected chi connectivity index (χ1v) is 11.2. The predicted molar refractivity (Wildman–Crippen MR) is 129 cm³/mol. The number of hydrogen-bond donors (Lipinski definition) is 1. The first-order valence-electron chi connectivity index (χ1n) is 11.2. The normalized spacial score (nSPS) is 13.5. The molecule has 1 fully saturated rings. The van der Waals surface area contributed by atoms with Crippen molar-refractivity contribution in [2.24, 2.45) is 0 Å². The van der Waals surface area contributed by atoms with Crippen LogP contribution >= 0.6 is 0 Å². The molecule has 5 rings (SSSR count). The molecule has 8 nitrogen and oxygen atoms in total. The molecule has 1 aliphatic rings. The summed E-state index contributed by atoms with van der Waals surface area (Å²) >= 11 is 0. The lowest BCUT2D eigenvalue weighted by Crippen LogP contribution is -2.24. The Hall–Kier alpha value is -4.20. The van der Waals surface area contributed by atoms with Crippen molar-refractivity contribution in [1.29, 1.82) is 0 Å². The van der Waals surface area contributed by atoms with Gasteiger partial charge in [-0.15, -0.1) is 0 Å². The van der Waals surface area contributed by atoms with Crippen molar-refractivity contribution in [3.05, 3.63) is 71.9 Å². The second-order valence-corrected chi connectivity index (χ2v) is 8.52. The number of carbonyl (C=O) groups excluding carboxylic acids is 2. The molecule has 1 saturated heterocycles. The van der Waals surface area contributed by atoms with Crippen molar-refractivity contribution in [3.8, 4) is 22.9 Å². The number of likely N-dealkylation sites (tertiary alicyclic amines) is 1. The summed E-state index contributed by atoms with van der Waals surface area (Å²) in [5.74, 6) is 2.02. The predicted octanol–water partition coefficient (Wildman–Crippen LogP) is 4.24. The fourth-order valence-corrected chi connectivity index (χ4v) is 4.04. The van der Waals surface area contributed by atoms with E-state index < -0.39 is 0 Å². The monoisotopic (exact) mass is 455 g/mol. The number of ether oxygens (including phenoxy) is 1. The van der Waals surface area contributed by atoms with Gasteiger partial charge < -0.3 is 19.5 Å².